The molecule has 1 amide bonds. The maximum Gasteiger partial charge on any atom is 0.227 e. The van der Waals surface area contributed by atoms with E-state index in [9.17, 15) is 4.79 Å². The minimum absolute atomic E-state index is 0.226. The summed E-state index contributed by atoms with van der Waals surface area (Å²) < 4.78 is 5.15. The number of carbonyl (C=O) groups is 1. The molecule has 4 heteroatoms. The zero-order valence-electron chi connectivity index (χ0n) is 9.69. The Labute approximate surface area is 101 Å². The molecule has 0 aromatic heterocycles. The molecule has 0 radical (unpaired) electrons. The number of para-hydroxylation sites is 2. The number of ether oxygens (including phenoxy) is 1. The molecule has 3 rings (SSSR count). The average molecular weight is 232 g/mol. The van der Waals surface area contributed by atoms with Gasteiger partial charge in [-0.1, -0.05) is 12.1 Å². The molecule has 2 aliphatic rings. The summed E-state index contributed by atoms with van der Waals surface area (Å²) in [6, 6.07) is 8.38. The number of hydrogen-bond donors (Lipinski definition) is 1. The third kappa shape index (κ3) is 2.00. The van der Waals surface area contributed by atoms with E-state index in [-0.39, 0.29) is 5.91 Å². The van der Waals surface area contributed by atoms with E-state index in [1.807, 2.05) is 29.2 Å². The monoisotopic (exact) mass is 232 g/mol. The van der Waals surface area contributed by atoms with E-state index in [2.05, 4.69) is 5.32 Å². The van der Waals surface area contributed by atoms with Crippen molar-refractivity contribution in [3.8, 4) is 0 Å². The minimum atomic E-state index is 0.226. The van der Waals surface area contributed by atoms with Gasteiger partial charge in [0.15, 0.2) is 0 Å². The van der Waals surface area contributed by atoms with Crippen molar-refractivity contribution >= 4 is 17.3 Å². The molecule has 0 unspecified atom stereocenters. The topological polar surface area (TPSA) is 41.6 Å². The lowest BCUT2D eigenvalue weighted by atomic mass is 10.2. The van der Waals surface area contributed by atoms with Crippen LogP contribution in [0.1, 0.15) is 12.8 Å². The van der Waals surface area contributed by atoms with Gasteiger partial charge in [-0.05, 0) is 18.6 Å². The molecular weight excluding hydrogens is 216 g/mol. The maximum atomic E-state index is 11.8. The first kappa shape index (κ1) is 10.6. The number of benzene rings is 1. The smallest absolute Gasteiger partial charge is 0.227 e. The Morgan fingerprint density at radius 1 is 1.29 bits per heavy atom. The maximum absolute atomic E-state index is 11.8. The molecule has 0 bridgehead atoms. The van der Waals surface area contributed by atoms with Crippen LogP contribution < -0.4 is 10.2 Å². The molecular formula is C13H16N2O2. The van der Waals surface area contributed by atoms with Crippen LogP contribution in [-0.4, -0.2) is 31.7 Å². The van der Waals surface area contributed by atoms with Gasteiger partial charge in [-0.15, -0.1) is 0 Å². The molecule has 0 spiro atoms. The van der Waals surface area contributed by atoms with Crippen molar-refractivity contribution < 1.29 is 9.53 Å². The normalized spacial score (nSPS) is 20.5. The van der Waals surface area contributed by atoms with Crippen LogP contribution in [0, 0.1) is 0 Å². The second-order valence-corrected chi connectivity index (χ2v) is 4.54. The van der Waals surface area contributed by atoms with Crippen molar-refractivity contribution in [1.29, 1.82) is 0 Å². The number of amides is 1. The predicted molar refractivity (Wildman–Crippen MR) is 66.3 cm³/mol. The van der Waals surface area contributed by atoms with Gasteiger partial charge < -0.3 is 15.0 Å². The fourth-order valence-electron chi connectivity index (χ4n) is 2.27. The average Bonchev–Trinajstić information content (AvgIpc) is 2.70. The van der Waals surface area contributed by atoms with Gasteiger partial charge in [-0.2, -0.15) is 0 Å². The van der Waals surface area contributed by atoms with Crippen molar-refractivity contribution in [1.82, 2.24) is 0 Å². The third-order valence-electron chi connectivity index (χ3n) is 3.27. The first-order valence-corrected chi connectivity index (χ1v) is 6.08. The van der Waals surface area contributed by atoms with E-state index in [0.29, 0.717) is 12.5 Å². The number of carbonyl (C=O) groups excluding carboxylic acids is 1. The number of anilines is 2. The summed E-state index contributed by atoms with van der Waals surface area (Å²) in [5.41, 5.74) is 2.04. The van der Waals surface area contributed by atoms with Crippen LogP contribution in [0.3, 0.4) is 0 Å². The number of nitrogens with one attached hydrogen (secondary N) is 1. The van der Waals surface area contributed by atoms with E-state index >= 15 is 0 Å². The standard InChI is InChI=1S/C13H16N2O2/c16-13-6-3-7-15(13)12-5-2-1-4-11(12)14-10-8-17-9-10/h1-2,4-5,10,14H,3,6-9H2. The van der Waals surface area contributed by atoms with Crippen LogP contribution in [0.25, 0.3) is 0 Å². The van der Waals surface area contributed by atoms with E-state index in [1.54, 1.807) is 0 Å². The molecule has 0 saturated carbocycles. The predicted octanol–water partition coefficient (Wildman–Crippen LogP) is 1.62. The molecule has 0 aliphatic carbocycles. The van der Waals surface area contributed by atoms with Crippen molar-refractivity contribution in [2.45, 2.75) is 18.9 Å². The van der Waals surface area contributed by atoms with Gasteiger partial charge in [0.25, 0.3) is 0 Å². The first-order chi connectivity index (χ1) is 8.34. The highest BCUT2D eigenvalue weighted by Crippen LogP contribution is 2.30. The van der Waals surface area contributed by atoms with E-state index in [0.717, 1.165) is 37.6 Å². The zero-order valence-corrected chi connectivity index (χ0v) is 9.69. The molecule has 17 heavy (non-hydrogen) atoms. The molecule has 2 heterocycles. The lowest BCUT2D eigenvalue weighted by molar-refractivity contribution is -0.117. The summed E-state index contributed by atoms with van der Waals surface area (Å²) in [6.45, 7) is 2.34. The molecule has 2 aliphatic heterocycles. The lowest BCUT2D eigenvalue weighted by Crippen LogP contribution is -2.40. The van der Waals surface area contributed by atoms with Crippen LogP contribution in [0.4, 0.5) is 11.4 Å². The summed E-state index contributed by atoms with van der Waals surface area (Å²) in [7, 11) is 0. The highest BCUT2D eigenvalue weighted by atomic mass is 16.5. The van der Waals surface area contributed by atoms with Crippen LogP contribution in [0.5, 0.6) is 0 Å². The lowest BCUT2D eigenvalue weighted by Gasteiger charge is -2.30. The Balaban J connectivity index is 1.84. The fourth-order valence-corrected chi connectivity index (χ4v) is 2.27. The van der Waals surface area contributed by atoms with Crippen molar-refractivity contribution in [2.75, 3.05) is 30.0 Å². The van der Waals surface area contributed by atoms with Crippen LogP contribution in [0.15, 0.2) is 24.3 Å². The molecule has 1 aromatic rings. The molecule has 1 aromatic carbocycles. The van der Waals surface area contributed by atoms with Crippen LogP contribution >= 0.6 is 0 Å². The van der Waals surface area contributed by atoms with Gasteiger partial charge in [0, 0.05) is 13.0 Å². The molecule has 2 fully saturated rings. The SMILES string of the molecule is O=C1CCCN1c1ccccc1NC1COC1. The Morgan fingerprint density at radius 3 is 2.76 bits per heavy atom. The second kappa shape index (κ2) is 4.37. The zero-order chi connectivity index (χ0) is 11.7. The van der Waals surface area contributed by atoms with Gasteiger partial charge in [-0.25, -0.2) is 0 Å². The number of hydrogen-bond acceptors (Lipinski definition) is 3. The molecule has 90 valence electrons. The third-order valence-corrected chi connectivity index (χ3v) is 3.27. The Bertz CT molecular complexity index is 429. The molecule has 4 nitrogen and oxygen atoms in total. The second-order valence-electron chi connectivity index (χ2n) is 4.54. The van der Waals surface area contributed by atoms with Crippen molar-refractivity contribution in [3.63, 3.8) is 0 Å². The van der Waals surface area contributed by atoms with Crippen LogP contribution in [0.2, 0.25) is 0 Å². The fraction of sp³-hybridized carbons (Fsp3) is 0.462. The van der Waals surface area contributed by atoms with E-state index in [1.165, 1.54) is 0 Å². The Morgan fingerprint density at radius 2 is 2.12 bits per heavy atom. The number of rotatable bonds is 3. The van der Waals surface area contributed by atoms with Gasteiger partial charge in [-0.3, -0.25) is 4.79 Å². The highest BCUT2D eigenvalue weighted by Gasteiger charge is 2.25. The van der Waals surface area contributed by atoms with Gasteiger partial charge in [0.05, 0.1) is 30.6 Å². The summed E-state index contributed by atoms with van der Waals surface area (Å²) in [4.78, 5) is 13.6. The van der Waals surface area contributed by atoms with E-state index in [4.69, 9.17) is 4.74 Å². The summed E-state index contributed by atoms with van der Waals surface area (Å²) >= 11 is 0. The summed E-state index contributed by atoms with van der Waals surface area (Å²) in [5, 5.41) is 3.43. The quantitative estimate of drug-likeness (QED) is 0.861. The Kier molecular flexibility index (Phi) is 2.73. The van der Waals surface area contributed by atoms with Crippen molar-refractivity contribution in [2.24, 2.45) is 0 Å². The summed E-state index contributed by atoms with van der Waals surface area (Å²) in [6.07, 6.45) is 1.63. The van der Waals surface area contributed by atoms with Gasteiger partial charge >= 0.3 is 0 Å². The van der Waals surface area contributed by atoms with E-state index < -0.39 is 0 Å². The first-order valence-electron chi connectivity index (χ1n) is 6.08. The van der Waals surface area contributed by atoms with Gasteiger partial charge in [0.2, 0.25) is 5.91 Å². The highest BCUT2D eigenvalue weighted by molar-refractivity contribution is 5.98. The van der Waals surface area contributed by atoms with Crippen molar-refractivity contribution in [3.05, 3.63) is 24.3 Å². The minimum Gasteiger partial charge on any atom is -0.377 e. The molecule has 2 saturated heterocycles. The number of nitrogens with zero attached hydrogens (tertiary/aromatic N) is 1. The van der Waals surface area contributed by atoms with Crippen LogP contribution in [-0.2, 0) is 9.53 Å². The molecule has 0 atom stereocenters. The molecule has 1 N–H and O–H groups in total. The summed E-state index contributed by atoms with van der Waals surface area (Å²) in [5.74, 6) is 0.226. The van der Waals surface area contributed by atoms with Gasteiger partial charge in [0.1, 0.15) is 0 Å². The Hall–Kier alpha value is -1.55. The largest absolute Gasteiger partial charge is 0.377 e.